The first kappa shape index (κ1) is 13.4. The van der Waals surface area contributed by atoms with Gasteiger partial charge < -0.3 is 15.4 Å². The van der Waals surface area contributed by atoms with E-state index >= 15 is 0 Å². The number of aryl methyl sites for hydroxylation is 1. The van der Waals surface area contributed by atoms with Crippen molar-refractivity contribution < 1.29 is 4.74 Å². The first-order valence-electron chi connectivity index (χ1n) is 6.72. The minimum absolute atomic E-state index is 0.0189. The van der Waals surface area contributed by atoms with Crippen LogP contribution >= 0.6 is 0 Å². The minimum Gasteiger partial charge on any atom is -0.496 e. The fourth-order valence-electron chi connectivity index (χ4n) is 2.53. The molecule has 3 nitrogen and oxygen atoms in total. The summed E-state index contributed by atoms with van der Waals surface area (Å²) < 4.78 is 5.41. The quantitative estimate of drug-likeness (QED) is 0.870. The second kappa shape index (κ2) is 5.72. The van der Waals surface area contributed by atoms with Gasteiger partial charge in [-0.3, -0.25) is 0 Å². The molecule has 18 heavy (non-hydrogen) atoms. The lowest BCUT2D eigenvalue weighted by molar-refractivity contribution is 0.151. The number of likely N-dealkylation sites (N-methyl/N-ethyl adjacent to an activating group) is 1. The van der Waals surface area contributed by atoms with E-state index < -0.39 is 0 Å². The monoisotopic (exact) mass is 248 g/mol. The zero-order valence-corrected chi connectivity index (χ0v) is 11.6. The predicted molar refractivity (Wildman–Crippen MR) is 74.9 cm³/mol. The van der Waals surface area contributed by atoms with Crippen molar-refractivity contribution in [2.24, 2.45) is 5.73 Å². The molecule has 100 valence electrons. The van der Waals surface area contributed by atoms with Crippen LogP contribution in [0.2, 0.25) is 0 Å². The fraction of sp³-hybridized carbons (Fsp3) is 0.600. The first-order valence-corrected chi connectivity index (χ1v) is 6.72. The number of benzene rings is 1. The van der Waals surface area contributed by atoms with Gasteiger partial charge in [0.15, 0.2) is 0 Å². The smallest absolute Gasteiger partial charge is 0.123 e. The summed E-state index contributed by atoms with van der Waals surface area (Å²) >= 11 is 0. The maximum Gasteiger partial charge on any atom is 0.123 e. The number of ether oxygens (including phenoxy) is 1. The molecule has 0 radical (unpaired) electrons. The van der Waals surface area contributed by atoms with E-state index in [2.05, 4.69) is 31.0 Å². The van der Waals surface area contributed by atoms with E-state index in [1.165, 1.54) is 24.8 Å². The molecule has 0 aromatic heterocycles. The van der Waals surface area contributed by atoms with E-state index in [0.717, 1.165) is 23.9 Å². The average molecular weight is 248 g/mol. The van der Waals surface area contributed by atoms with Crippen LogP contribution in [-0.4, -0.2) is 31.6 Å². The Morgan fingerprint density at radius 3 is 2.72 bits per heavy atom. The number of nitrogens with two attached hydrogens (primary N) is 1. The summed E-state index contributed by atoms with van der Waals surface area (Å²) in [6.07, 6.45) is 3.99. The van der Waals surface area contributed by atoms with Gasteiger partial charge in [0.2, 0.25) is 0 Å². The Bertz CT molecular complexity index is 401. The van der Waals surface area contributed by atoms with Crippen LogP contribution in [0.25, 0.3) is 0 Å². The highest BCUT2D eigenvalue weighted by Gasteiger charge is 2.24. The zero-order valence-electron chi connectivity index (χ0n) is 11.6. The molecule has 1 unspecified atom stereocenters. The SMILES string of the molecule is COc1ccc(C)cc1C(N)CN(C)C1CCC1. The van der Waals surface area contributed by atoms with Crippen LogP contribution in [0.15, 0.2) is 18.2 Å². The van der Waals surface area contributed by atoms with Crippen molar-refractivity contribution in [2.45, 2.75) is 38.3 Å². The Morgan fingerprint density at radius 1 is 1.44 bits per heavy atom. The summed E-state index contributed by atoms with van der Waals surface area (Å²) in [6.45, 7) is 2.98. The molecule has 0 saturated heterocycles. The lowest BCUT2D eigenvalue weighted by atomic mass is 9.91. The van der Waals surface area contributed by atoms with Gasteiger partial charge in [0.05, 0.1) is 7.11 Å². The Hall–Kier alpha value is -1.06. The summed E-state index contributed by atoms with van der Waals surface area (Å²) in [5.74, 6) is 0.898. The lowest BCUT2D eigenvalue weighted by Crippen LogP contribution is -2.41. The van der Waals surface area contributed by atoms with Gasteiger partial charge in [-0.1, -0.05) is 24.1 Å². The van der Waals surface area contributed by atoms with Gasteiger partial charge in [0, 0.05) is 24.2 Å². The van der Waals surface area contributed by atoms with Crippen molar-refractivity contribution in [3.05, 3.63) is 29.3 Å². The number of nitrogens with zero attached hydrogens (tertiary/aromatic N) is 1. The van der Waals surface area contributed by atoms with Crippen LogP contribution in [0.1, 0.15) is 36.4 Å². The molecule has 1 aromatic rings. The highest BCUT2D eigenvalue weighted by molar-refractivity contribution is 5.39. The standard InChI is InChI=1S/C15H24N2O/c1-11-7-8-15(18-3)13(9-11)14(16)10-17(2)12-5-4-6-12/h7-9,12,14H,4-6,10,16H2,1-3H3. The topological polar surface area (TPSA) is 38.5 Å². The second-order valence-corrected chi connectivity index (χ2v) is 5.38. The van der Waals surface area contributed by atoms with Crippen molar-refractivity contribution in [3.63, 3.8) is 0 Å². The summed E-state index contributed by atoms with van der Waals surface area (Å²) in [5, 5.41) is 0. The van der Waals surface area contributed by atoms with Gasteiger partial charge in [-0.2, -0.15) is 0 Å². The molecule has 0 bridgehead atoms. The third-order valence-electron chi connectivity index (χ3n) is 3.97. The predicted octanol–water partition coefficient (Wildman–Crippen LogP) is 2.49. The summed E-state index contributed by atoms with van der Waals surface area (Å²) in [4.78, 5) is 2.38. The summed E-state index contributed by atoms with van der Waals surface area (Å²) in [5.41, 5.74) is 8.68. The number of hydrogen-bond donors (Lipinski definition) is 1. The van der Waals surface area contributed by atoms with E-state index in [1.807, 2.05) is 6.07 Å². The summed E-state index contributed by atoms with van der Waals surface area (Å²) in [7, 11) is 3.88. The Kier molecular flexibility index (Phi) is 4.25. The zero-order chi connectivity index (χ0) is 13.1. The molecule has 1 saturated carbocycles. The van der Waals surface area contributed by atoms with E-state index in [1.54, 1.807) is 7.11 Å². The minimum atomic E-state index is 0.0189. The molecular formula is C15H24N2O. The Morgan fingerprint density at radius 2 is 2.17 bits per heavy atom. The van der Waals surface area contributed by atoms with Gasteiger partial charge in [0.25, 0.3) is 0 Å². The number of methoxy groups -OCH3 is 1. The van der Waals surface area contributed by atoms with Gasteiger partial charge in [-0.25, -0.2) is 0 Å². The highest BCUT2D eigenvalue weighted by Crippen LogP contribution is 2.28. The van der Waals surface area contributed by atoms with Crippen LogP contribution in [0.5, 0.6) is 5.75 Å². The molecule has 1 aliphatic rings. The van der Waals surface area contributed by atoms with Crippen molar-refractivity contribution in [1.82, 2.24) is 4.90 Å². The third-order valence-corrected chi connectivity index (χ3v) is 3.97. The fourth-order valence-corrected chi connectivity index (χ4v) is 2.53. The number of rotatable bonds is 5. The molecule has 0 spiro atoms. The maximum absolute atomic E-state index is 6.34. The molecule has 0 amide bonds. The van der Waals surface area contributed by atoms with Crippen molar-refractivity contribution in [3.8, 4) is 5.75 Å². The molecule has 1 aliphatic carbocycles. The molecule has 2 N–H and O–H groups in total. The van der Waals surface area contributed by atoms with Gasteiger partial charge in [0.1, 0.15) is 5.75 Å². The average Bonchev–Trinajstić information content (AvgIpc) is 2.26. The Labute approximate surface area is 110 Å². The third kappa shape index (κ3) is 2.85. The Balaban J connectivity index is 2.07. The van der Waals surface area contributed by atoms with Crippen LogP contribution in [0.3, 0.4) is 0 Å². The molecular weight excluding hydrogens is 224 g/mol. The van der Waals surface area contributed by atoms with Crippen LogP contribution < -0.4 is 10.5 Å². The first-order chi connectivity index (χ1) is 8.61. The van der Waals surface area contributed by atoms with Crippen LogP contribution in [0.4, 0.5) is 0 Å². The molecule has 3 heteroatoms. The number of hydrogen-bond acceptors (Lipinski definition) is 3. The van der Waals surface area contributed by atoms with E-state index in [9.17, 15) is 0 Å². The van der Waals surface area contributed by atoms with Gasteiger partial charge in [-0.15, -0.1) is 0 Å². The molecule has 1 fully saturated rings. The highest BCUT2D eigenvalue weighted by atomic mass is 16.5. The van der Waals surface area contributed by atoms with E-state index in [4.69, 9.17) is 10.5 Å². The van der Waals surface area contributed by atoms with Crippen molar-refractivity contribution in [1.29, 1.82) is 0 Å². The van der Waals surface area contributed by atoms with Crippen LogP contribution in [-0.2, 0) is 0 Å². The van der Waals surface area contributed by atoms with Gasteiger partial charge in [-0.05, 0) is 32.9 Å². The van der Waals surface area contributed by atoms with Gasteiger partial charge >= 0.3 is 0 Å². The van der Waals surface area contributed by atoms with E-state index in [0.29, 0.717) is 0 Å². The van der Waals surface area contributed by atoms with E-state index in [-0.39, 0.29) is 6.04 Å². The largest absolute Gasteiger partial charge is 0.496 e. The maximum atomic E-state index is 6.34. The summed E-state index contributed by atoms with van der Waals surface area (Å²) in [6, 6.07) is 6.95. The lowest BCUT2D eigenvalue weighted by Gasteiger charge is -2.36. The molecule has 0 heterocycles. The normalized spacial score (nSPS) is 17.6. The second-order valence-electron chi connectivity index (χ2n) is 5.38. The van der Waals surface area contributed by atoms with Crippen molar-refractivity contribution >= 4 is 0 Å². The molecule has 1 aromatic carbocycles. The van der Waals surface area contributed by atoms with Crippen LogP contribution in [0, 0.1) is 6.92 Å². The molecule has 0 aliphatic heterocycles. The molecule has 2 rings (SSSR count). The van der Waals surface area contributed by atoms with Crippen molar-refractivity contribution in [2.75, 3.05) is 20.7 Å². The molecule has 1 atom stereocenters.